The van der Waals surface area contributed by atoms with E-state index in [1.54, 1.807) is 0 Å². The lowest BCUT2D eigenvalue weighted by molar-refractivity contribution is 0.347. The standard InChI is InChI=1S/C11H22/c1-5-6-7-10-8-11(10,4)9(2)3/h9-10H,5-8H2,1-4H3. The zero-order valence-electron chi connectivity index (χ0n) is 8.48. The molecule has 0 nitrogen and oxygen atoms in total. The van der Waals surface area contributed by atoms with Gasteiger partial charge in [-0.25, -0.2) is 0 Å². The highest BCUT2D eigenvalue weighted by Gasteiger charge is 2.50. The average Bonchev–Trinajstić information content (AvgIpc) is 2.59. The summed E-state index contributed by atoms with van der Waals surface area (Å²) in [7, 11) is 0. The van der Waals surface area contributed by atoms with Gasteiger partial charge in [0.15, 0.2) is 0 Å². The molecule has 0 aromatic heterocycles. The van der Waals surface area contributed by atoms with Crippen molar-refractivity contribution >= 4 is 0 Å². The van der Waals surface area contributed by atoms with Crippen molar-refractivity contribution < 1.29 is 0 Å². The van der Waals surface area contributed by atoms with E-state index >= 15 is 0 Å². The fourth-order valence-corrected chi connectivity index (χ4v) is 2.06. The molecule has 0 aromatic rings. The minimum absolute atomic E-state index is 0.717. The molecule has 11 heavy (non-hydrogen) atoms. The zero-order valence-corrected chi connectivity index (χ0v) is 8.48. The molecule has 0 bridgehead atoms. The molecule has 0 heterocycles. The number of hydrogen-bond acceptors (Lipinski definition) is 0. The first-order valence-corrected chi connectivity index (χ1v) is 5.11. The van der Waals surface area contributed by atoms with Crippen LogP contribution in [0.5, 0.6) is 0 Å². The van der Waals surface area contributed by atoms with Crippen LogP contribution in [0.4, 0.5) is 0 Å². The van der Waals surface area contributed by atoms with E-state index in [9.17, 15) is 0 Å². The van der Waals surface area contributed by atoms with Crippen LogP contribution in [0.2, 0.25) is 0 Å². The van der Waals surface area contributed by atoms with Crippen molar-refractivity contribution in [3.05, 3.63) is 0 Å². The Balaban J connectivity index is 2.23. The van der Waals surface area contributed by atoms with Crippen molar-refractivity contribution in [3.8, 4) is 0 Å². The largest absolute Gasteiger partial charge is 0.0654 e. The van der Waals surface area contributed by atoms with Gasteiger partial charge in [-0.15, -0.1) is 0 Å². The normalized spacial score (nSPS) is 36.3. The van der Waals surface area contributed by atoms with E-state index in [4.69, 9.17) is 0 Å². The highest BCUT2D eigenvalue weighted by atomic mass is 14.6. The number of rotatable bonds is 4. The van der Waals surface area contributed by atoms with Crippen molar-refractivity contribution in [2.75, 3.05) is 0 Å². The molecular weight excluding hydrogens is 132 g/mol. The molecule has 2 unspecified atom stereocenters. The Bertz CT molecular complexity index is 126. The third-order valence-corrected chi connectivity index (χ3v) is 3.68. The SMILES string of the molecule is CCCCC1CC1(C)C(C)C. The first kappa shape index (κ1) is 9.09. The Kier molecular flexibility index (Phi) is 2.61. The van der Waals surface area contributed by atoms with Gasteiger partial charge in [-0.3, -0.25) is 0 Å². The van der Waals surface area contributed by atoms with E-state index in [0.29, 0.717) is 0 Å². The molecule has 1 saturated carbocycles. The molecular formula is C11H22. The van der Waals surface area contributed by atoms with Crippen LogP contribution >= 0.6 is 0 Å². The second kappa shape index (κ2) is 3.16. The highest BCUT2D eigenvalue weighted by Crippen LogP contribution is 2.59. The highest BCUT2D eigenvalue weighted by molar-refractivity contribution is 5.00. The Hall–Kier alpha value is 0. The average molecular weight is 154 g/mol. The summed E-state index contributed by atoms with van der Waals surface area (Å²) in [5, 5.41) is 0. The Labute approximate surface area is 71.4 Å². The van der Waals surface area contributed by atoms with Crippen LogP contribution in [0.3, 0.4) is 0 Å². The van der Waals surface area contributed by atoms with E-state index in [1.165, 1.54) is 25.7 Å². The molecule has 0 spiro atoms. The van der Waals surface area contributed by atoms with Crippen LogP contribution in [-0.4, -0.2) is 0 Å². The minimum Gasteiger partial charge on any atom is -0.0654 e. The summed E-state index contributed by atoms with van der Waals surface area (Å²) in [5.41, 5.74) is 0.717. The monoisotopic (exact) mass is 154 g/mol. The Morgan fingerprint density at radius 3 is 2.45 bits per heavy atom. The second-order valence-electron chi connectivity index (χ2n) is 4.70. The molecule has 2 atom stereocenters. The van der Waals surface area contributed by atoms with E-state index in [2.05, 4.69) is 27.7 Å². The second-order valence-corrected chi connectivity index (χ2v) is 4.70. The van der Waals surface area contributed by atoms with Crippen LogP contribution in [0.25, 0.3) is 0 Å². The van der Waals surface area contributed by atoms with Gasteiger partial charge < -0.3 is 0 Å². The van der Waals surface area contributed by atoms with Crippen LogP contribution in [0.15, 0.2) is 0 Å². The van der Waals surface area contributed by atoms with Crippen molar-refractivity contribution in [1.29, 1.82) is 0 Å². The first-order valence-electron chi connectivity index (χ1n) is 5.11. The lowest BCUT2D eigenvalue weighted by atomic mass is 9.90. The smallest absolute Gasteiger partial charge is 0.0271 e. The maximum Gasteiger partial charge on any atom is -0.0271 e. The molecule has 0 N–H and O–H groups in total. The van der Waals surface area contributed by atoms with Gasteiger partial charge in [-0.2, -0.15) is 0 Å². The summed E-state index contributed by atoms with van der Waals surface area (Å²) >= 11 is 0. The minimum atomic E-state index is 0.717. The molecule has 0 heteroatoms. The fourth-order valence-electron chi connectivity index (χ4n) is 2.06. The number of unbranched alkanes of at least 4 members (excludes halogenated alkanes) is 1. The maximum absolute atomic E-state index is 2.46. The summed E-state index contributed by atoms with van der Waals surface area (Å²) in [6.45, 7) is 9.48. The third-order valence-electron chi connectivity index (χ3n) is 3.68. The van der Waals surface area contributed by atoms with E-state index in [1.807, 2.05) is 0 Å². The summed E-state index contributed by atoms with van der Waals surface area (Å²) in [6.07, 6.45) is 5.77. The van der Waals surface area contributed by atoms with E-state index in [0.717, 1.165) is 17.3 Å². The zero-order chi connectivity index (χ0) is 8.48. The molecule has 1 fully saturated rings. The van der Waals surface area contributed by atoms with Gasteiger partial charge in [-0.1, -0.05) is 40.5 Å². The lowest BCUT2D eigenvalue weighted by Crippen LogP contribution is -2.07. The van der Waals surface area contributed by atoms with Crippen LogP contribution in [0, 0.1) is 17.3 Å². The van der Waals surface area contributed by atoms with Gasteiger partial charge in [0.1, 0.15) is 0 Å². The predicted octanol–water partition coefficient (Wildman–Crippen LogP) is 3.86. The topological polar surface area (TPSA) is 0 Å². The molecule has 0 aromatic carbocycles. The molecule has 1 aliphatic rings. The van der Waals surface area contributed by atoms with Gasteiger partial charge in [0.25, 0.3) is 0 Å². The Morgan fingerprint density at radius 1 is 1.45 bits per heavy atom. The molecule has 0 amide bonds. The van der Waals surface area contributed by atoms with Crippen molar-refractivity contribution in [1.82, 2.24) is 0 Å². The molecule has 1 rings (SSSR count). The van der Waals surface area contributed by atoms with E-state index in [-0.39, 0.29) is 0 Å². The maximum atomic E-state index is 2.46. The van der Waals surface area contributed by atoms with Crippen LogP contribution in [0.1, 0.15) is 53.4 Å². The quantitative estimate of drug-likeness (QED) is 0.577. The summed E-state index contributed by atoms with van der Waals surface area (Å²) in [6, 6.07) is 0. The van der Waals surface area contributed by atoms with Crippen molar-refractivity contribution in [2.24, 2.45) is 17.3 Å². The summed E-state index contributed by atoms with van der Waals surface area (Å²) < 4.78 is 0. The van der Waals surface area contributed by atoms with Crippen LogP contribution < -0.4 is 0 Å². The summed E-state index contributed by atoms with van der Waals surface area (Å²) in [4.78, 5) is 0. The van der Waals surface area contributed by atoms with Gasteiger partial charge in [-0.05, 0) is 30.1 Å². The molecule has 0 saturated heterocycles. The molecule has 0 aliphatic heterocycles. The summed E-state index contributed by atoms with van der Waals surface area (Å²) in [5.74, 6) is 1.95. The van der Waals surface area contributed by atoms with E-state index < -0.39 is 0 Å². The molecule has 0 radical (unpaired) electrons. The lowest BCUT2D eigenvalue weighted by Gasteiger charge is -2.15. The predicted molar refractivity (Wildman–Crippen MR) is 50.6 cm³/mol. The molecule has 66 valence electrons. The fraction of sp³-hybridized carbons (Fsp3) is 1.00. The van der Waals surface area contributed by atoms with Crippen molar-refractivity contribution in [2.45, 2.75) is 53.4 Å². The van der Waals surface area contributed by atoms with Gasteiger partial charge in [0.2, 0.25) is 0 Å². The van der Waals surface area contributed by atoms with Gasteiger partial charge >= 0.3 is 0 Å². The third kappa shape index (κ3) is 1.77. The molecule has 1 aliphatic carbocycles. The van der Waals surface area contributed by atoms with Gasteiger partial charge in [0, 0.05) is 0 Å². The van der Waals surface area contributed by atoms with Gasteiger partial charge in [0.05, 0.1) is 0 Å². The first-order chi connectivity index (χ1) is 5.11. The number of hydrogen-bond donors (Lipinski definition) is 0. The van der Waals surface area contributed by atoms with Crippen LogP contribution in [-0.2, 0) is 0 Å². The van der Waals surface area contributed by atoms with Crippen molar-refractivity contribution in [3.63, 3.8) is 0 Å². The Morgan fingerprint density at radius 2 is 2.09 bits per heavy atom.